The second-order valence-corrected chi connectivity index (χ2v) is 14.8. The first kappa shape index (κ1) is 31.3. The molecule has 0 spiro atoms. The van der Waals surface area contributed by atoms with Gasteiger partial charge in [-0.05, 0) is 65.3 Å². The minimum Gasteiger partial charge on any atom is -0.374 e. The van der Waals surface area contributed by atoms with Gasteiger partial charge in [-0.1, -0.05) is 59.2 Å². The zero-order valence-corrected chi connectivity index (χ0v) is 26.0. The van der Waals surface area contributed by atoms with Crippen molar-refractivity contribution in [3.05, 3.63) is 74.0 Å². The number of aliphatic hydroxyl groups excluding tert-OH is 1. The Labute approximate surface area is 258 Å². The van der Waals surface area contributed by atoms with Gasteiger partial charge in [0.2, 0.25) is 10.0 Å². The number of benzene rings is 2. The van der Waals surface area contributed by atoms with Crippen LogP contribution in [0.4, 0.5) is 13.2 Å². The Morgan fingerprint density at radius 1 is 1.21 bits per heavy atom. The van der Waals surface area contributed by atoms with E-state index in [1.165, 1.54) is 19.1 Å². The molecular formula is C30H33Cl2F3N2O5S. The molecule has 2 aliphatic carbocycles. The molecule has 2 saturated carbocycles. The van der Waals surface area contributed by atoms with Crippen LogP contribution in [0, 0.1) is 12.7 Å². The summed E-state index contributed by atoms with van der Waals surface area (Å²) in [6.45, 7) is 3.37. The maximum atomic E-state index is 15.8. The molecule has 7 nitrogen and oxygen atoms in total. The highest BCUT2D eigenvalue weighted by Gasteiger charge is 2.61. The second kappa shape index (κ2) is 11.3. The second-order valence-electron chi connectivity index (χ2n) is 11.8. The van der Waals surface area contributed by atoms with Crippen LogP contribution in [0.3, 0.4) is 0 Å². The molecular weight excluding hydrogens is 628 g/mol. The third-order valence-corrected chi connectivity index (χ3v) is 11.8. The predicted molar refractivity (Wildman–Crippen MR) is 157 cm³/mol. The van der Waals surface area contributed by atoms with Crippen molar-refractivity contribution in [2.45, 2.75) is 87.5 Å². The van der Waals surface area contributed by atoms with Gasteiger partial charge in [-0.2, -0.15) is 0 Å². The lowest BCUT2D eigenvalue weighted by Gasteiger charge is -2.43. The predicted octanol–water partition coefficient (Wildman–Crippen LogP) is 6.41. The number of rotatable bonds is 9. The lowest BCUT2D eigenvalue weighted by Crippen LogP contribution is -2.49. The van der Waals surface area contributed by atoms with Crippen molar-refractivity contribution in [1.82, 2.24) is 9.79 Å². The van der Waals surface area contributed by atoms with Crippen molar-refractivity contribution in [1.29, 1.82) is 0 Å². The normalized spacial score (nSPS) is 27.3. The molecule has 13 heteroatoms. The van der Waals surface area contributed by atoms with Crippen molar-refractivity contribution in [3.63, 3.8) is 0 Å². The molecule has 0 aromatic heterocycles. The molecule has 1 saturated heterocycles. The van der Waals surface area contributed by atoms with E-state index in [1.54, 1.807) is 12.1 Å². The Balaban J connectivity index is 1.23. The largest absolute Gasteiger partial charge is 0.374 e. The fourth-order valence-corrected chi connectivity index (χ4v) is 8.58. The number of alkyl halides is 2. The minimum atomic E-state index is -3.52. The molecule has 0 bridgehead atoms. The first-order valence-corrected chi connectivity index (χ1v) is 16.7. The quantitative estimate of drug-likeness (QED) is 0.239. The van der Waals surface area contributed by atoms with Gasteiger partial charge in [0.15, 0.2) is 11.4 Å². The molecule has 234 valence electrons. The Morgan fingerprint density at radius 2 is 1.91 bits per heavy atom. The number of hydrogen-bond acceptors (Lipinski definition) is 6. The van der Waals surface area contributed by atoms with E-state index in [0.29, 0.717) is 41.5 Å². The van der Waals surface area contributed by atoms with Crippen LogP contribution in [-0.4, -0.2) is 54.5 Å². The molecule has 2 aliphatic heterocycles. The van der Waals surface area contributed by atoms with Gasteiger partial charge in [0.05, 0.1) is 40.6 Å². The number of sulfonamides is 1. The third kappa shape index (κ3) is 5.43. The molecule has 4 unspecified atom stereocenters. The molecule has 2 N–H and O–H groups in total. The number of fused-ring (bicyclic) bond motifs is 1. The summed E-state index contributed by atoms with van der Waals surface area (Å²) in [5.74, 6) is -4.20. The molecule has 4 aliphatic rings. The number of aliphatic hydroxyl groups is 1. The van der Waals surface area contributed by atoms with Gasteiger partial charge in [0, 0.05) is 19.3 Å². The lowest BCUT2D eigenvalue weighted by atomic mass is 9.77. The summed E-state index contributed by atoms with van der Waals surface area (Å²) in [5.41, 5.74) is 1.53. The van der Waals surface area contributed by atoms with E-state index in [1.807, 2.05) is 13.0 Å². The summed E-state index contributed by atoms with van der Waals surface area (Å²) in [5, 5.41) is 12.9. The van der Waals surface area contributed by atoms with Gasteiger partial charge in [0.25, 0.3) is 5.92 Å². The average molecular weight is 662 g/mol. The highest BCUT2D eigenvalue weighted by molar-refractivity contribution is 7.89. The summed E-state index contributed by atoms with van der Waals surface area (Å²) in [6.07, 6.45) is 0.309. The van der Waals surface area contributed by atoms with E-state index in [0.717, 1.165) is 16.5 Å². The molecule has 4 atom stereocenters. The highest BCUT2D eigenvalue weighted by atomic mass is 35.5. The van der Waals surface area contributed by atoms with Crippen LogP contribution in [0.25, 0.3) is 5.57 Å². The fourth-order valence-electron chi connectivity index (χ4n) is 6.23. The van der Waals surface area contributed by atoms with Gasteiger partial charge in [-0.3, -0.25) is 10.2 Å². The van der Waals surface area contributed by atoms with Crippen LogP contribution in [0.5, 0.6) is 0 Å². The topological polar surface area (TPSA) is 88.1 Å². The summed E-state index contributed by atoms with van der Waals surface area (Å²) in [7, 11) is -3.52. The first-order valence-electron chi connectivity index (χ1n) is 14.4. The van der Waals surface area contributed by atoms with Crippen molar-refractivity contribution in [2.24, 2.45) is 0 Å². The Bertz CT molecular complexity index is 1560. The highest BCUT2D eigenvalue weighted by Crippen LogP contribution is 2.59. The van der Waals surface area contributed by atoms with Crippen molar-refractivity contribution >= 4 is 38.8 Å². The monoisotopic (exact) mass is 660 g/mol. The molecule has 6 rings (SSSR count). The van der Waals surface area contributed by atoms with Crippen LogP contribution >= 0.6 is 23.2 Å². The first-order chi connectivity index (χ1) is 20.3. The van der Waals surface area contributed by atoms with Crippen LogP contribution in [0.2, 0.25) is 10.0 Å². The fraction of sp³-hybridized carbons (Fsp3) is 0.533. The van der Waals surface area contributed by atoms with Gasteiger partial charge in [0.1, 0.15) is 6.23 Å². The van der Waals surface area contributed by atoms with Gasteiger partial charge in [-0.15, -0.1) is 0 Å². The van der Waals surface area contributed by atoms with Crippen LogP contribution in [0.1, 0.15) is 73.9 Å². The molecule has 3 fully saturated rings. The van der Waals surface area contributed by atoms with Crippen LogP contribution in [-0.2, 0) is 25.2 Å². The molecule has 2 aromatic carbocycles. The van der Waals surface area contributed by atoms with E-state index in [9.17, 15) is 17.9 Å². The molecule has 2 aromatic rings. The smallest absolute Gasteiger partial charge is 0.280 e. The SMILES string of the molecule is CCC(F)(F)C1(c2cc(Cl)c(F)c(Cl)c2)CC(c2ccc(C(O)NC3CON(S(=O)(=O)C4CCC4)C3)c(C)c2)=C2CC2O1. The van der Waals surface area contributed by atoms with E-state index in [-0.39, 0.29) is 35.2 Å². The number of hydroxylamine groups is 1. The Hall–Kier alpha value is -1.70. The molecule has 0 radical (unpaired) electrons. The summed E-state index contributed by atoms with van der Waals surface area (Å²) >= 11 is 12.1. The summed E-state index contributed by atoms with van der Waals surface area (Å²) in [6, 6.07) is 7.25. The number of hydrogen-bond donors (Lipinski definition) is 2. The van der Waals surface area contributed by atoms with Gasteiger partial charge < -0.3 is 9.84 Å². The standard InChI is InChI=1S/C30H33Cl2F3N2O5S/c1-3-30(34,35)29(18-10-24(31)27(33)25(32)11-18)13-23(22-12-26(22)42-29)17-7-8-21(16(2)9-17)28(38)36-19-14-37(41-15-19)43(39,40)20-5-4-6-20/h7-11,19-20,26,28,36,38H,3-6,12-15H2,1-2H3. The van der Waals surface area contributed by atoms with Gasteiger partial charge in [-0.25, -0.2) is 21.6 Å². The molecule has 2 heterocycles. The molecule has 43 heavy (non-hydrogen) atoms. The van der Waals surface area contributed by atoms with Crippen molar-refractivity contribution < 1.29 is 36.3 Å². The number of nitrogens with zero attached hydrogens (tertiary/aromatic N) is 1. The van der Waals surface area contributed by atoms with E-state index < -0.39 is 57.4 Å². The van der Waals surface area contributed by atoms with Crippen molar-refractivity contribution in [3.8, 4) is 0 Å². The summed E-state index contributed by atoms with van der Waals surface area (Å²) < 4.78 is 78.3. The van der Waals surface area contributed by atoms with Crippen molar-refractivity contribution in [2.75, 3.05) is 13.2 Å². The van der Waals surface area contributed by atoms with E-state index >= 15 is 8.78 Å². The van der Waals surface area contributed by atoms with Gasteiger partial charge >= 0.3 is 0 Å². The lowest BCUT2D eigenvalue weighted by molar-refractivity contribution is -0.221. The maximum Gasteiger partial charge on any atom is 0.280 e. The number of aryl methyl sites for hydroxylation is 1. The third-order valence-electron chi connectivity index (χ3n) is 9.13. The van der Waals surface area contributed by atoms with Crippen LogP contribution in [0.15, 0.2) is 35.9 Å². The minimum absolute atomic E-state index is 0.0133. The number of halogens is 5. The van der Waals surface area contributed by atoms with E-state index in [2.05, 4.69) is 5.32 Å². The zero-order chi connectivity index (χ0) is 30.9. The Kier molecular flexibility index (Phi) is 8.20. The Morgan fingerprint density at radius 3 is 2.51 bits per heavy atom. The average Bonchev–Trinajstić information content (AvgIpc) is 3.55. The zero-order valence-electron chi connectivity index (χ0n) is 23.7. The number of nitrogens with one attached hydrogen (secondary N) is 1. The van der Waals surface area contributed by atoms with E-state index in [4.69, 9.17) is 32.8 Å². The number of ether oxygens (including phenoxy) is 1. The maximum absolute atomic E-state index is 15.8. The van der Waals surface area contributed by atoms with Crippen LogP contribution < -0.4 is 5.32 Å². The molecule has 0 amide bonds. The summed E-state index contributed by atoms with van der Waals surface area (Å²) in [4.78, 5) is 5.44.